The Labute approximate surface area is 162 Å². The van der Waals surface area contributed by atoms with Gasteiger partial charge < -0.3 is 9.88 Å². The van der Waals surface area contributed by atoms with Crippen molar-refractivity contribution in [2.24, 2.45) is 0 Å². The van der Waals surface area contributed by atoms with E-state index in [1.54, 1.807) is 12.1 Å². The van der Waals surface area contributed by atoms with Gasteiger partial charge in [-0.2, -0.15) is 0 Å². The number of hydrogen-bond donors (Lipinski definition) is 1. The highest BCUT2D eigenvalue weighted by Gasteiger charge is 2.14. The Morgan fingerprint density at radius 1 is 1.19 bits per heavy atom. The molecule has 7 heteroatoms. The lowest BCUT2D eigenvalue weighted by Gasteiger charge is -2.08. The number of rotatable bonds is 7. The molecule has 0 aliphatic heterocycles. The fourth-order valence-electron chi connectivity index (χ4n) is 2.71. The van der Waals surface area contributed by atoms with E-state index in [9.17, 15) is 9.18 Å². The average Bonchev–Trinajstić information content (AvgIpc) is 3.07. The predicted octanol–water partition coefficient (Wildman–Crippen LogP) is 3.82. The summed E-state index contributed by atoms with van der Waals surface area (Å²) in [5.74, 6) is 0.577. The zero-order valence-electron chi connectivity index (χ0n) is 15.3. The first-order valence-electron chi connectivity index (χ1n) is 8.71. The third kappa shape index (κ3) is 4.95. The maximum Gasteiger partial charge on any atom is 0.230 e. The van der Waals surface area contributed by atoms with Gasteiger partial charge in [-0.15, -0.1) is 10.2 Å². The molecular weight excluding hydrogens is 363 g/mol. The van der Waals surface area contributed by atoms with Crippen molar-refractivity contribution >= 4 is 17.7 Å². The first-order chi connectivity index (χ1) is 13.1. The van der Waals surface area contributed by atoms with E-state index in [1.165, 1.54) is 23.9 Å². The van der Waals surface area contributed by atoms with Crippen LogP contribution in [0.15, 0.2) is 53.7 Å². The number of nitrogens with zero attached hydrogens (tertiary/aromatic N) is 3. The van der Waals surface area contributed by atoms with Crippen LogP contribution in [-0.4, -0.2) is 26.4 Å². The molecule has 0 saturated carbocycles. The van der Waals surface area contributed by atoms with Crippen LogP contribution in [0.5, 0.6) is 0 Å². The second-order valence-electron chi connectivity index (χ2n) is 6.12. The zero-order valence-corrected chi connectivity index (χ0v) is 16.1. The van der Waals surface area contributed by atoms with Gasteiger partial charge >= 0.3 is 0 Å². The molecule has 140 valence electrons. The molecule has 5 nitrogen and oxygen atoms in total. The Morgan fingerprint density at radius 3 is 2.74 bits per heavy atom. The van der Waals surface area contributed by atoms with Gasteiger partial charge in [0.1, 0.15) is 5.82 Å². The average molecular weight is 384 g/mol. The standard InChI is InChI=1S/C20H21FN4OS/c1-3-25-19(16-8-4-6-14(2)10-16)23-24-20(25)27-13-18(26)22-12-15-7-5-9-17(21)11-15/h4-11H,3,12-13H2,1-2H3,(H,22,26). The number of nitrogens with one attached hydrogen (secondary N) is 1. The van der Waals surface area contributed by atoms with Crippen molar-refractivity contribution in [3.05, 3.63) is 65.5 Å². The van der Waals surface area contributed by atoms with Gasteiger partial charge in [-0.05, 0) is 37.6 Å². The number of hydrogen-bond acceptors (Lipinski definition) is 4. The maximum atomic E-state index is 13.2. The Bertz CT molecular complexity index is 941. The van der Waals surface area contributed by atoms with Crippen LogP contribution in [0.3, 0.4) is 0 Å². The zero-order chi connectivity index (χ0) is 19.2. The summed E-state index contributed by atoms with van der Waals surface area (Å²) in [4.78, 5) is 12.1. The van der Waals surface area contributed by atoms with E-state index >= 15 is 0 Å². The second kappa shape index (κ2) is 8.81. The van der Waals surface area contributed by atoms with Gasteiger partial charge in [0.25, 0.3) is 0 Å². The van der Waals surface area contributed by atoms with E-state index in [1.807, 2.05) is 36.6 Å². The molecule has 0 radical (unpaired) electrons. The molecule has 3 aromatic rings. The molecule has 0 bridgehead atoms. The molecule has 0 spiro atoms. The third-order valence-corrected chi connectivity index (χ3v) is 4.99. The van der Waals surface area contributed by atoms with Gasteiger partial charge in [0, 0.05) is 18.7 Å². The van der Waals surface area contributed by atoms with Gasteiger partial charge in [0.05, 0.1) is 5.75 Å². The summed E-state index contributed by atoms with van der Waals surface area (Å²) in [6.07, 6.45) is 0. The molecule has 2 aromatic carbocycles. The van der Waals surface area contributed by atoms with E-state index in [4.69, 9.17) is 0 Å². The summed E-state index contributed by atoms with van der Waals surface area (Å²) in [5, 5.41) is 12.0. The van der Waals surface area contributed by atoms with Crippen LogP contribution >= 0.6 is 11.8 Å². The summed E-state index contributed by atoms with van der Waals surface area (Å²) in [6, 6.07) is 14.3. The van der Waals surface area contributed by atoms with Crippen molar-refractivity contribution < 1.29 is 9.18 Å². The number of thioether (sulfide) groups is 1. The van der Waals surface area contributed by atoms with Crippen molar-refractivity contribution in [1.82, 2.24) is 20.1 Å². The van der Waals surface area contributed by atoms with E-state index in [-0.39, 0.29) is 17.5 Å². The van der Waals surface area contributed by atoms with Crippen molar-refractivity contribution in [3.63, 3.8) is 0 Å². The normalized spacial score (nSPS) is 10.8. The summed E-state index contributed by atoms with van der Waals surface area (Å²) >= 11 is 1.34. The summed E-state index contributed by atoms with van der Waals surface area (Å²) in [7, 11) is 0. The topological polar surface area (TPSA) is 59.8 Å². The smallest absolute Gasteiger partial charge is 0.230 e. The van der Waals surface area contributed by atoms with Gasteiger partial charge in [0.2, 0.25) is 5.91 Å². The highest BCUT2D eigenvalue weighted by atomic mass is 32.2. The van der Waals surface area contributed by atoms with Crippen molar-refractivity contribution in [2.75, 3.05) is 5.75 Å². The van der Waals surface area contributed by atoms with E-state index < -0.39 is 0 Å². The molecule has 0 aliphatic rings. The van der Waals surface area contributed by atoms with Crippen LogP contribution < -0.4 is 5.32 Å². The van der Waals surface area contributed by atoms with Gasteiger partial charge in [-0.3, -0.25) is 4.79 Å². The molecule has 0 saturated heterocycles. The number of carbonyl (C=O) groups excluding carboxylic acids is 1. The number of aryl methyl sites for hydroxylation is 1. The summed E-state index contributed by atoms with van der Waals surface area (Å²) < 4.78 is 15.2. The molecule has 3 rings (SSSR count). The molecule has 0 aliphatic carbocycles. The predicted molar refractivity (Wildman–Crippen MR) is 105 cm³/mol. The highest BCUT2D eigenvalue weighted by Crippen LogP contribution is 2.24. The number of halogens is 1. The molecular formula is C20H21FN4OS. The Hall–Kier alpha value is -2.67. The van der Waals surface area contributed by atoms with Crippen molar-refractivity contribution in [2.45, 2.75) is 32.1 Å². The van der Waals surface area contributed by atoms with Crippen molar-refractivity contribution in [3.8, 4) is 11.4 Å². The lowest BCUT2D eigenvalue weighted by Crippen LogP contribution is -2.24. The molecule has 0 fully saturated rings. The first-order valence-corrected chi connectivity index (χ1v) is 9.69. The van der Waals surface area contributed by atoms with Crippen LogP contribution in [0, 0.1) is 12.7 Å². The molecule has 1 amide bonds. The van der Waals surface area contributed by atoms with Crippen LogP contribution in [0.4, 0.5) is 4.39 Å². The SMILES string of the molecule is CCn1c(SCC(=O)NCc2cccc(F)c2)nnc1-c1cccc(C)c1. The minimum Gasteiger partial charge on any atom is -0.351 e. The largest absolute Gasteiger partial charge is 0.351 e. The van der Waals surface area contributed by atoms with Gasteiger partial charge in [-0.25, -0.2) is 4.39 Å². The highest BCUT2D eigenvalue weighted by molar-refractivity contribution is 7.99. The lowest BCUT2D eigenvalue weighted by atomic mass is 10.1. The molecule has 1 N–H and O–H groups in total. The number of benzene rings is 2. The molecule has 0 atom stereocenters. The van der Waals surface area contributed by atoms with Crippen LogP contribution in [0.25, 0.3) is 11.4 Å². The Balaban J connectivity index is 1.61. The quantitative estimate of drug-likeness (QED) is 0.629. The molecule has 0 unspecified atom stereocenters. The summed E-state index contributed by atoms with van der Waals surface area (Å²) in [6.45, 7) is 5.07. The Morgan fingerprint density at radius 2 is 2.00 bits per heavy atom. The first kappa shape index (κ1) is 19.1. The van der Waals surface area contributed by atoms with Crippen LogP contribution in [0.1, 0.15) is 18.1 Å². The fourth-order valence-corrected chi connectivity index (χ4v) is 3.54. The molecule has 27 heavy (non-hydrogen) atoms. The van der Waals surface area contributed by atoms with Crippen molar-refractivity contribution in [1.29, 1.82) is 0 Å². The minimum absolute atomic E-state index is 0.132. The van der Waals surface area contributed by atoms with E-state index in [2.05, 4.69) is 21.6 Å². The number of aromatic nitrogens is 3. The molecule has 1 aromatic heterocycles. The number of amides is 1. The fraction of sp³-hybridized carbons (Fsp3) is 0.250. The summed E-state index contributed by atoms with van der Waals surface area (Å²) in [5.41, 5.74) is 2.89. The second-order valence-corrected chi connectivity index (χ2v) is 7.06. The van der Waals surface area contributed by atoms with Crippen LogP contribution in [0.2, 0.25) is 0 Å². The van der Waals surface area contributed by atoms with E-state index in [0.717, 1.165) is 22.5 Å². The van der Waals surface area contributed by atoms with Gasteiger partial charge in [0.15, 0.2) is 11.0 Å². The number of carbonyl (C=O) groups is 1. The van der Waals surface area contributed by atoms with Crippen LogP contribution in [-0.2, 0) is 17.9 Å². The van der Waals surface area contributed by atoms with E-state index in [0.29, 0.717) is 18.2 Å². The Kier molecular flexibility index (Phi) is 6.24. The molecule has 1 heterocycles. The third-order valence-electron chi connectivity index (χ3n) is 4.02. The lowest BCUT2D eigenvalue weighted by molar-refractivity contribution is -0.118. The maximum absolute atomic E-state index is 13.2. The minimum atomic E-state index is -0.309. The van der Waals surface area contributed by atoms with Gasteiger partial charge in [-0.1, -0.05) is 47.7 Å². The monoisotopic (exact) mass is 384 g/mol.